The third-order valence-electron chi connectivity index (χ3n) is 2.13. The summed E-state index contributed by atoms with van der Waals surface area (Å²) >= 11 is 0. The highest BCUT2D eigenvalue weighted by atomic mass is 16.3. The molecule has 1 aromatic heterocycles. The fourth-order valence-electron chi connectivity index (χ4n) is 1.42. The molecule has 2 rings (SSSR count). The van der Waals surface area contributed by atoms with Crippen LogP contribution in [-0.4, -0.2) is 35.6 Å². The Morgan fingerprint density at radius 2 is 2.38 bits per heavy atom. The Kier molecular flexibility index (Phi) is 1.98. The summed E-state index contributed by atoms with van der Waals surface area (Å²) in [5.74, 6) is 0. The lowest BCUT2D eigenvalue weighted by atomic mass is 10.1. The van der Waals surface area contributed by atoms with E-state index in [0.29, 0.717) is 18.8 Å². The first-order valence-electron chi connectivity index (χ1n) is 4.14. The van der Waals surface area contributed by atoms with Gasteiger partial charge in [-0.15, -0.1) is 0 Å². The van der Waals surface area contributed by atoms with Crippen molar-refractivity contribution in [3.63, 3.8) is 0 Å². The first kappa shape index (κ1) is 8.19. The molecule has 4 heteroatoms. The maximum atomic E-state index is 10.6. The van der Waals surface area contributed by atoms with Gasteiger partial charge in [-0.1, -0.05) is 0 Å². The van der Waals surface area contributed by atoms with Crippen LogP contribution in [0.25, 0.3) is 0 Å². The number of pyridine rings is 1. The molecule has 0 spiro atoms. The maximum absolute atomic E-state index is 10.6. The molecule has 1 fully saturated rings. The van der Waals surface area contributed by atoms with Gasteiger partial charge >= 0.3 is 0 Å². The third-order valence-corrected chi connectivity index (χ3v) is 2.13. The number of aliphatic hydroxyl groups excluding tert-OH is 1. The second-order valence-electron chi connectivity index (χ2n) is 3.08. The van der Waals surface area contributed by atoms with E-state index in [1.54, 1.807) is 12.3 Å². The summed E-state index contributed by atoms with van der Waals surface area (Å²) in [4.78, 5) is 16.5. The number of nitrogens with zero attached hydrogens (tertiary/aromatic N) is 2. The van der Waals surface area contributed by atoms with E-state index in [2.05, 4.69) is 4.98 Å². The summed E-state index contributed by atoms with van der Waals surface area (Å²) in [6, 6.07) is 3.62. The number of anilines is 1. The molecule has 1 aliphatic rings. The standard InChI is InChI=1S/C9H10N2O2/c12-6-8-9(2-1-3-10-8)11-4-7(13)5-11/h1-3,6-7,13H,4-5H2. The number of aliphatic hydroxyl groups is 1. The van der Waals surface area contributed by atoms with E-state index < -0.39 is 0 Å². The van der Waals surface area contributed by atoms with Crippen LogP contribution in [0.3, 0.4) is 0 Å². The van der Waals surface area contributed by atoms with Gasteiger partial charge in [-0.3, -0.25) is 9.78 Å². The summed E-state index contributed by atoms with van der Waals surface area (Å²) in [5.41, 5.74) is 1.25. The van der Waals surface area contributed by atoms with E-state index in [-0.39, 0.29) is 6.10 Å². The van der Waals surface area contributed by atoms with Crippen LogP contribution in [0, 0.1) is 0 Å². The Morgan fingerprint density at radius 3 is 3.00 bits per heavy atom. The second-order valence-corrected chi connectivity index (χ2v) is 3.08. The van der Waals surface area contributed by atoms with Gasteiger partial charge in [-0.05, 0) is 12.1 Å². The molecule has 13 heavy (non-hydrogen) atoms. The fourth-order valence-corrected chi connectivity index (χ4v) is 1.42. The highest BCUT2D eigenvalue weighted by Crippen LogP contribution is 2.22. The minimum absolute atomic E-state index is 0.264. The molecule has 1 aromatic rings. The average molecular weight is 178 g/mol. The SMILES string of the molecule is O=Cc1ncccc1N1CC(O)C1. The van der Waals surface area contributed by atoms with E-state index in [1.165, 1.54) is 0 Å². The van der Waals surface area contributed by atoms with Crippen LogP contribution in [0.4, 0.5) is 5.69 Å². The number of carbonyl (C=O) groups is 1. The van der Waals surface area contributed by atoms with Crippen molar-refractivity contribution in [3.05, 3.63) is 24.0 Å². The predicted octanol–water partition coefficient (Wildman–Crippen LogP) is 0.0750. The molecular formula is C9H10N2O2. The van der Waals surface area contributed by atoms with Crippen LogP contribution in [0.2, 0.25) is 0 Å². The molecule has 0 radical (unpaired) electrons. The zero-order valence-electron chi connectivity index (χ0n) is 7.05. The van der Waals surface area contributed by atoms with Crippen molar-refractivity contribution >= 4 is 12.0 Å². The Bertz CT molecular complexity index is 321. The number of carbonyl (C=O) groups excluding carboxylic acids is 1. The summed E-state index contributed by atoms with van der Waals surface area (Å²) < 4.78 is 0. The van der Waals surface area contributed by atoms with Crippen molar-refractivity contribution in [2.24, 2.45) is 0 Å². The number of aromatic nitrogens is 1. The molecule has 1 saturated heterocycles. The molecule has 1 N–H and O–H groups in total. The van der Waals surface area contributed by atoms with Gasteiger partial charge in [-0.2, -0.15) is 0 Å². The van der Waals surface area contributed by atoms with Crippen LogP contribution in [-0.2, 0) is 0 Å². The van der Waals surface area contributed by atoms with Crippen molar-refractivity contribution in [2.75, 3.05) is 18.0 Å². The number of β-amino-alcohol motifs (C(OH)–C–C–N with tert-alkyl or cyclic N) is 1. The molecule has 0 atom stereocenters. The highest BCUT2D eigenvalue weighted by Gasteiger charge is 2.26. The van der Waals surface area contributed by atoms with Crippen LogP contribution >= 0.6 is 0 Å². The van der Waals surface area contributed by atoms with Crippen molar-refractivity contribution in [3.8, 4) is 0 Å². The van der Waals surface area contributed by atoms with Crippen molar-refractivity contribution in [1.29, 1.82) is 0 Å². The van der Waals surface area contributed by atoms with Crippen LogP contribution in [0.1, 0.15) is 10.5 Å². The van der Waals surface area contributed by atoms with E-state index in [1.807, 2.05) is 11.0 Å². The van der Waals surface area contributed by atoms with Gasteiger partial charge in [0.15, 0.2) is 6.29 Å². The second kappa shape index (κ2) is 3.14. The summed E-state index contributed by atoms with van der Waals surface area (Å²) in [6.45, 7) is 1.18. The molecule has 0 saturated carbocycles. The van der Waals surface area contributed by atoms with Gasteiger partial charge in [0, 0.05) is 19.3 Å². The average Bonchev–Trinajstić information content (AvgIpc) is 2.13. The van der Waals surface area contributed by atoms with Crippen molar-refractivity contribution in [1.82, 2.24) is 4.98 Å². The largest absolute Gasteiger partial charge is 0.389 e. The third kappa shape index (κ3) is 1.40. The fraction of sp³-hybridized carbons (Fsp3) is 0.333. The topological polar surface area (TPSA) is 53.4 Å². The van der Waals surface area contributed by atoms with E-state index in [9.17, 15) is 4.79 Å². The first-order chi connectivity index (χ1) is 6.31. The minimum atomic E-state index is -0.264. The summed E-state index contributed by atoms with van der Waals surface area (Å²) in [5, 5.41) is 9.09. The molecule has 2 heterocycles. The Labute approximate surface area is 75.8 Å². The molecule has 0 amide bonds. The molecule has 68 valence electrons. The number of aldehydes is 1. The lowest BCUT2D eigenvalue weighted by Crippen LogP contribution is -2.51. The molecule has 4 nitrogen and oxygen atoms in total. The monoisotopic (exact) mass is 178 g/mol. The Morgan fingerprint density at radius 1 is 1.62 bits per heavy atom. The summed E-state index contributed by atoms with van der Waals surface area (Å²) in [7, 11) is 0. The number of rotatable bonds is 2. The Hall–Kier alpha value is -1.42. The number of hydrogen-bond acceptors (Lipinski definition) is 4. The summed E-state index contributed by atoms with van der Waals surface area (Å²) in [6.07, 6.45) is 2.06. The van der Waals surface area contributed by atoms with Crippen LogP contribution in [0.5, 0.6) is 0 Å². The molecule has 0 unspecified atom stereocenters. The van der Waals surface area contributed by atoms with Gasteiger partial charge in [-0.25, -0.2) is 0 Å². The minimum Gasteiger partial charge on any atom is -0.389 e. The first-order valence-corrected chi connectivity index (χ1v) is 4.14. The van der Waals surface area contributed by atoms with E-state index >= 15 is 0 Å². The Balaban J connectivity index is 2.24. The predicted molar refractivity (Wildman–Crippen MR) is 47.8 cm³/mol. The van der Waals surface area contributed by atoms with Crippen molar-refractivity contribution in [2.45, 2.75) is 6.10 Å². The van der Waals surface area contributed by atoms with Crippen LogP contribution in [0.15, 0.2) is 18.3 Å². The van der Waals surface area contributed by atoms with Crippen LogP contribution < -0.4 is 4.90 Å². The van der Waals surface area contributed by atoms with E-state index in [0.717, 1.165) is 12.0 Å². The lowest BCUT2D eigenvalue weighted by molar-refractivity contribution is 0.111. The van der Waals surface area contributed by atoms with E-state index in [4.69, 9.17) is 5.11 Å². The van der Waals surface area contributed by atoms with Gasteiger partial charge in [0.1, 0.15) is 5.69 Å². The van der Waals surface area contributed by atoms with Gasteiger partial charge < -0.3 is 10.0 Å². The van der Waals surface area contributed by atoms with Gasteiger partial charge in [0.25, 0.3) is 0 Å². The molecule has 0 bridgehead atoms. The smallest absolute Gasteiger partial charge is 0.170 e. The lowest BCUT2D eigenvalue weighted by Gasteiger charge is -2.38. The molecule has 0 aromatic carbocycles. The molecular weight excluding hydrogens is 168 g/mol. The quantitative estimate of drug-likeness (QED) is 0.651. The zero-order chi connectivity index (χ0) is 9.26. The zero-order valence-corrected chi connectivity index (χ0v) is 7.05. The molecule has 0 aliphatic carbocycles. The highest BCUT2D eigenvalue weighted by molar-refractivity contribution is 5.82. The van der Waals surface area contributed by atoms with Gasteiger partial charge in [0.05, 0.1) is 11.8 Å². The normalized spacial score (nSPS) is 16.8. The van der Waals surface area contributed by atoms with Gasteiger partial charge in [0.2, 0.25) is 0 Å². The maximum Gasteiger partial charge on any atom is 0.170 e. The number of hydrogen-bond donors (Lipinski definition) is 1. The molecule has 1 aliphatic heterocycles. The van der Waals surface area contributed by atoms with Crippen molar-refractivity contribution < 1.29 is 9.90 Å².